The zero-order chi connectivity index (χ0) is 13.2. The van der Waals surface area contributed by atoms with Crippen LogP contribution in [0.3, 0.4) is 0 Å². The van der Waals surface area contributed by atoms with Crippen LogP contribution in [0.1, 0.15) is 52.4 Å². The minimum absolute atomic E-state index is 0.490. The fourth-order valence-electron chi connectivity index (χ4n) is 2.67. The minimum Gasteiger partial charge on any atom is -0.377 e. The van der Waals surface area contributed by atoms with Crippen LogP contribution < -0.4 is 5.32 Å². The summed E-state index contributed by atoms with van der Waals surface area (Å²) in [5.74, 6) is 0. The van der Waals surface area contributed by atoms with E-state index in [4.69, 9.17) is 4.74 Å². The Hall–Kier alpha value is -0.120. The molecule has 1 aliphatic rings. The van der Waals surface area contributed by atoms with E-state index in [1.165, 1.54) is 45.1 Å². The third-order valence-electron chi connectivity index (χ3n) is 3.77. The Bertz CT molecular complexity index is 193. The highest BCUT2D eigenvalue weighted by Crippen LogP contribution is 2.13. The Morgan fingerprint density at radius 1 is 1.33 bits per heavy atom. The number of hydrogen-bond acceptors (Lipinski definition) is 3. The second-order valence-corrected chi connectivity index (χ2v) is 5.71. The fourth-order valence-corrected chi connectivity index (χ4v) is 2.67. The van der Waals surface area contributed by atoms with Crippen molar-refractivity contribution >= 4 is 0 Å². The summed E-state index contributed by atoms with van der Waals surface area (Å²) in [6.07, 6.45) is 8.26. The number of rotatable bonds is 9. The number of nitrogens with zero attached hydrogens (tertiary/aromatic N) is 1. The average molecular weight is 256 g/mol. The van der Waals surface area contributed by atoms with Crippen molar-refractivity contribution in [2.45, 2.75) is 64.5 Å². The Kier molecular flexibility index (Phi) is 8.64. The van der Waals surface area contributed by atoms with E-state index in [0.717, 1.165) is 19.7 Å². The predicted molar refractivity (Wildman–Crippen MR) is 78.1 cm³/mol. The average Bonchev–Trinajstić information content (AvgIpc) is 2.36. The van der Waals surface area contributed by atoms with Crippen LogP contribution >= 0.6 is 0 Å². The van der Waals surface area contributed by atoms with Crippen molar-refractivity contribution in [1.29, 1.82) is 0 Å². The summed E-state index contributed by atoms with van der Waals surface area (Å²) in [7, 11) is 2.23. The third kappa shape index (κ3) is 7.34. The van der Waals surface area contributed by atoms with Gasteiger partial charge in [-0.25, -0.2) is 0 Å². The van der Waals surface area contributed by atoms with Crippen molar-refractivity contribution in [1.82, 2.24) is 10.2 Å². The maximum Gasteiger partial charge on any atom is 0.0701 e. The highest BCUT2D eigenvalue weighted by atomic mass is 16.5. The Balaban J connectivity index is 1.97. The van der Waals surface area contributed by atoms with Crippen molar-refractivity contribution in [3.63, 3.8) is 0 Å². The van der Waals surface area contributed by atoms with Gasteiger partial charge < -0.3 is 15.0 Å². The van der Waals surface area contributed by atoms with Crippen molar-refractivity contribution in [2.24, 2.45) is 0 Å². The highest BCUT2D eigenvalue weighted by Gasteiger charge is 2.15. The lowest BCUT2D eigenvalue weighted by Crippen LogP contribution is -2.34. The van der Waals surface area contributed by atoms with Crippen LogP contribution in [-0.4, -0.2) is 50.3 Å². The standard InChI is InChI=1S/C15H32N2O/c1-4-16-14(2)9-5-7-11-17(3)13-15-10-6-8-12-18-15/h14-16H,4-13H2,1-3H3. The molecule has 2 unspecified atom stereocenters. The molecule has 0 saturated carbocycles. The molecule has 3 heteroatoms. The van der Waals surface area contributed by atoms with Gasteiger partial charge in [0.1, 0.15) is 0 Å². The molecule has 18 heavy (non-hydrogen) atoms. The Morgan fingerprint density at radius 2 is 2.17 bits per heavy atom. The van der Waals surface area contributed by atoms with Crippen LogP contribution in [0.25, 0.3) is 0 Å². The van der Waals surface area contributed by atoms with E-state index in [0.29, 0.717) is 12.1 Å². The zero-order valence-electron chi connectivity index (χ0n) is 12.6. The molecule has 3 nitrogen and oxygen atoms in total. The van der Waals surface area contributed by atoms with Gasteiger partial charge in [0, 0.05) is 19.2 Å². The molecule has 0 radical (unpaired) electrons. The van der Waals surface area contributed by atoms with E-state index in [1.807, 2.05) is 0 Å². The van der Waals surface area contributed by atoms with Crippen LogP contribution in [0.2, 0.25) is 0 Å². The third-order valence-corrected chi connectivity index (χ3v) is 3.77. The van der Waals surface area contributed by atoms with Crippen LogP contribution in [0.15, 0.2) is 0 Å². The number of hydrogen-bond donors (Lipinski definition) is 1. The highest BCUT2D eigenvalue weighted by molar-refractivity contribution is 4.68. The topological polar surface area (TPSA) is 24.5 Å². The van der Waals surface area contributed by atoms with Gasteiger partial charge >= 0.3 is 0 Å². The molecule has 0 aliphatic carbocycles. The number of likely N-dealkylation sites (N-methyl/N-ethyl adjacent to an activating group) is 1. The van der Waals surface area contributed by atoms with E-state index in [1.54, 1.807) is 0 Å². The molecule has 0 spiro atoms. The smallest absolute Gasteiger partial charge is 0.0701 e. The van der Waals surface area contributed by atoms with Gasteiger partial charge in [0.05, 0.1) is 6.10 Å². The lowest BCUT2D eigenvalue weighted by atomic mass is 10.1. The normalized spacial score (nSPS) is 22.3. The van der Waals surface area contributed by atoms with Crippen molar-refractivity contribution in [2.75, 3.05) is 33.3 Å². The molecule has 0 aromatic carbocycles. The Morgan fingerprint density at radius 3 is 2.83 bits per heavy atom. The first-order valence-electron chi connectivity index (χ1n) is 7.76. The molecule has 0 aromatic heterocycles. The lowest BCUT2D eigenvalue weighted by Gasteiger charge is -2.27. The number of ether oxygens (including phenoxy) is 1. The molecule has 1 heterocycles. The Labute approximate surface area is 113 Å². The molecule has 2 atom stereocenters. The van der Waals surface area contributed by atoms with E-state index >= 15 is 0 Å². The van der Waals surface area contributed by atoms with Crippen molar-refractivity contribution in [3.05, 3.63) is 0 Å². The quantitative estimate of drug-likeness (QED) is 0.642. The molecule has 1 rings (SSSR count). The monoisotopic (exact) mass is 256 g/mol. The van der Waals surface area contributed by atoms with E-state index in [9.17, 15) is 0 Å². The molecule has 1 aliphatic heterocycles. The van der Waals surface area contributed by atoms with Crippen LogP contribution in [0.5, 0.6) is 0 Å². The summed E-state index contributed by atoms with van der Waals surface area (Å²) in [5.41, 5.74) is 0. The summed E-state index contributed by atoms with van der Waals surface area (Å²) >= 11 is 0. The van der Waals surface area contributed by atoms with Gasteiger partial charge in [-0.3, -0.25) is 0 Å². The summed E-state index contributed by atoms with van der Waals surface area (Å²) in [4.78, 5) is 2.44. The number of unbranched alkanes of at least 4 members (excludes halogenated alkanes) is 1. The first-order valence-corrected chi connectivity index (χ1v) is 7.76. The van der Waals surface area contributed by atoms with E-state index < -0.39 is 0 Å². The first kappa shape index (κ1) is 15.9. The molecule has 1 saturated heterocycles. The molecule has 0 amide bonds. The molecule has 0 bridgehead atoms. The second-order valence-electron chi connectivity index (χ2n) is 5.71. The molecule has 1 N–H and O–H groups in total. The molecular weight excluding hydrogens is 224 g/mol. The van der Waals surface area contributed by atoms with Gasteiger partial charge in [-0.05, 0) is 59.2 Å². The zero-order valence-corrected chi connectivity index (χ0v) is 12.6. The molecular formula is C15H32N2O. The second kappa shape index (κ2) is 9.76. The fraction of sp³-hybridized carbons (Fsp3) is 1.00. The summed E-state index contributed by atoms with van der Waals surface area (Å²) in [6, 6.07) is 0.669. The van der Waals surface area contributed by atoms with Crippen LogP contribution in [0, 0.1) is 0 Å². The largest absolute Gasteiger partial charge is 0.377 e. The minimum atomic E-state index is 0.490. The maximum absolute atomic E-state index is 5.77. The van der Waals surface area contributed by atoms with Crippen molar-refractivity contribution < 1.29 is 4.74 Å². The lowest BCUT2D eigenvalue weighted by molar-refractivity contribution is -0.00162. The predicted octanol–water partition coefficient (Wildman–Crippen LogP) is 2.66. The van der Waals surface area contributed by atoms with Gasteiger partial charge in [-0.2, -0.15) is 0 Å². The summed E-state index contributed by atoms with van der Waals surface area (Å²) < 4.78 is 5.77. The number of nitrogens with one attached hydrogen (secondary N) is 1. The van der Waals surface area contributed by atoms with Crippen LogP contribution in [0.4, 0.5) is 0 Å². The van der Waals surface area contributed by atoms with Crippen LogP contribution in [-0.2, 0) is 4.74 Å². The molecule has 1 fully saturated rings. The molecule has 0 aromatic rings. The van der Waals surface area contributed by atoms with Gasteiger partial charge in [-0.15, -0.1) is 0 Å². The van der Waals surface area contributed by atoms with Gasteiger partial charge in [0.2, 0.25) is 0 Å². The van der Waals surface area contributed by atoms with Gasteiger partial charge in [0.15, 0.2) is 0 Å². The SMILES string of the molecule is CCNC(C)CCCCN(C)CC1CCCCO1. The molecule has 108 valence electrons. The summed E-state index contributed by atoms with van der Waals surface area (Å²) in [6.45, 7) is 8.83. The first-order chi connectivity index (χ1) is 8.72. The van der Waals surface area contributed by atoms with E-state index in [-0.39, 0.29) is 0 Å². The van der Waals surface area contributed by atoms with Gasteiger partial charge in [0.25, 0.3) is 0 Å². The van der Waals surface area contributed by atoms with E-state index in [2.05, 4.69) is 31.1 Å². The summed E-state index contributed by atoms with van der Waals surface area (Å²) in [5, 5.41) is 3.47. The van der Waals surface area contributed by atoms with Gasteiger partial charge in [-0.1, -0.05) is 13.3 Å². The van der Waals surface area contributed by atoms with Crippen molar-refractivity contribution in [3.8, 4) is 0 Å². The maximum atomic E-state index is 5.77.